The SMILES string of the molecule is COc1ccc(OCCn2ccc(=O)c(OCC(=O)Nc3ccccc3C)c2C)cc1. The Bertz CT molecular complexity index is 1090. The van der Waals surface area contributed by atoms with Crippen LogP contribution >= 0.6 is 0 Å². The van der Waals surface area contributed by atoms with Crippen LogP contribution in [0.2, 0.25) is 0 Å². The highest BCUT2D eigenvalue weighted by atomic mass is 16.5. The summed E-state index contributed by atoms with van der Waals surface area (Å²) in [7, 11) is 1.61. The molecule has 1 amide bonds. The van der Waals surface area contributed by atoms with Crippen LogP contribution in [-0.2, 0) is 11.3 Å². The summed E-state index contributed by atoms with van der Waals surface area (Å²) in [6.07, 6.45) is 1.69. The zero-order valence-electron chi connectivity index (χ0n) is 17.9. The minimum absolute atomic E-state index is 0.159. The number of carbonyl (C=O) groups is 1. The smallest absolute Gasteiger partial charge is 0.262 e. The number of ether oxygens (including phenoxy) is 3. The van der Waals surface area contributed by atoms with Crippen molar-refractivity contribution in [3.05, 3.63) is 82.3 Å². The summed E-state index contributed by atoms with van der Waals surface area (Å²) < 4.78 is 18.3. The van der Waals surface area contributed by atoms with Crippen LogP contribution in [0.4, 0.5) is 5.69 Å². The number of benzene rings is 2. The van der Waals surface area contributed by atoms with Gasteiger partial charge in [0.15, 0.2) is 12.4 Å². The molecule has 0 saturated carbocycles. The maximum atomic E-state index is 12.3. The minimum atomic E-state index is -0.327. The number of hydrogen-bond acceptors (Lipinski definition) is 5. The van der Waals surface area contributed by atoms with Crippen molar-refractivity contribution in [1.29, 1.82) is 0 Å². The molecule has 3 rings (SSSR count). The van der Waals surface area contributed by atoms with E-state index >= 15 is 0 Å². The second-order valence-electron chi connectivity index (χ2n) is 6.96. The van der Waals surface area contributed by atoms with Gasteiger partial charge in [0.1, 0.15) is 18.1 Å². The molecule has 1 N–H and O–H groups in total. The zero-order valence-corrected chi connectivity index (χ0v) is 17.9. The van der Waals surface area contributed by atoms with E-state index in [9.17, 15) is 9.59 Å². The molecule has 0 radical (unpaired) electrons. The van der Waals surface area contributed by atoms with Crippen molar-refractivity contribution in [3.63, 3.8) is 0 Å². The fraction of sp³-hybridized carbons (Fsp3) is 0.250. The first-order valence-corrected chi connectivity index (χ1v) is 9.93. The van der Waals surface area contributed by atoms with E-state index in [-0.39, 0.29) is 23.7 Å². The number of rotatable bonds is 9. The van der Waals surface area contributed by atoms with E-state index in [2.05, 4.69) is 5.32 Å². The molecule has 2 aromatic carbocycles. The number of methoxy groups -OCH3 is 1. The third-order valence-electron chi connectivity index (χ3n) is 4.82. The minimum Gasteiger partial charge on any atom is -0.497 e. The summed E-state index contributed by atoms with van der Waals surface area (Å²) in [5.41, 5.74) is 2.03. The number of nitrogens with one attached hydrogen (secondary N) is 1. The fourth-order valence-electron chi connectivity index (χ4n) is 3.04. The molecule has 0 aliphatic heterocycles. The Labute approximate surface area is 181 Å². The first-order valence-electron chi connectivity index (χ1n) is 9.93. The molecule has 0 fully saturated rings. The van der Waals surface area contributed by atoms with Gasteiger partial charge in [-0.1, -0.05) is 18.2 Å². The van der Waals surface area contributed by atoms with E-state index in [4.69, 9.17) is 14.2 Å². The van der Waals surface area contributed by atoms with Crippen molar-refractivity contribution in [2.45, 2.75) is 20.4 Å². The topological polar surface area (TPSA) is 78.8 Å². The molecule has 162 valence electrons. The fourth-order valence-corrected chi connectivity index (χ4v) is 3.04. The number of hydrogen-bond donors (Lipinski definition) is 1. The van der Waals surface area contributed by atoms with Crippen molar-refractivity contribution >= 4 is 11.6 Å². The van der Waals surface area contributed by atoms with Gasteiger partial charge in [-0.05, 0) is 49.7 Å². The molecule has 0 unspecified atom stereocenters. The van der Waals surface area contributed by atoms with Gasteiger partial charge in [0.25, 0.3) is 5.91 Å². The summed E-state index contributed by atoms with van der Waals surface area (Å²) in [6.45, 7) is 4.36. The molecular formula is C24H26N2O5. The van der Waals surface area contributed by atoms with Gasteiger partial charge in [-0.3, -0.25) is 9.59 Å². The predicted octanol–water partition coefficient (Wildman–Crippen LogP) is 3.57. The summed E-state index contributed by atoms with van der Waals surface area (Å²) in [5, 5.41) is 2.79. The zero-order chi connectivity index (χ0) is 22.2. The summed E-state index contributed by atoms with van der Waals surface area (Å²) in [4.78, 5) is 24.5. The second kappa shape index (κ2) is 10.3. The van der Waals surface area contributed by atoms with Gasteiger partial charge in [-0.25, -0.2) is 0 Å². The van der Waals surface area contributed by atoms with E-state index in [1.54, 1.807) is 20.2 Å². The number of aryl methyl sites for hydroxylation is 1. The molecule has 0 atom stereocenters. The highest BCUT2D eigenvalue weighted by molar-refractivity contribution is 5.92. The molecule has 0 aliphatic rings. The number of nitrogens with zero attached hydrogens (tertiary/aromatic N) is 1. The van der Waals surface area contributed by atoms with E-state index in [0.29, 0.717) is 24.5 Å². The average Bonchev–Trinajstić information content (AvgIpc) is 2.77. The maximum absolute atomic E-state index is 12.3. The van der Waals surface area contributed by atoms with Crippen LogP contribution in [0.25, 0.3) is 0 Å². The normalized spacial score (nSPS) is 10.4. The van der Waals surface area contributed by atoms with Gasteiger partial charge < -0.3 is 24.1 Å². The lowest BCUT2D eigenvalue weighted by Gasteiger charge is -2.15. The van der Waals surface area contributed by atoms with Crippen LogP contribution in [0.1, 0.15) is 11.3 Å². The van der Waals surface area contributed by atoms with Crippen molar-refractivity contribution in [2.75, 3.05) is 25.6 Å². The van der Waals surface area contributed by atoms with Gasteiger partial charge in [0.2, 0.25) is 5.43 Å². The first kappa shape index (κ1) is 22.0. The number of para-hydroxylation sites is 1. The molecule has 1 aromatic heterocycles. The molecular weight excluding hydrogens is 396 g/mol. The highest BCUT2D eigenvalue weighted by Gasteiger charge is 2.12. The number of aromatic nitrogens is 1. The van der Waals surface area contributed by atoms with Crippen LogP contribution in [0.3, 0.4) is 0 Å². The Morgan fingerprint density at radius 1 is 0.968 bits per heavy atom. The van der Waals surface area contributed by atoms with Crippen molar-refractivity contribution in [3.8, 4) is 17.2 Å². The van der Waals surface area contributed by atoms with Gasteiger partial charge in [-0.2, -0.15) is 0 Å². The number of amides is 1. The average molecular weight is 422 g/mol. The Hall–Kier alpha value is -3.74. The highest BCUT2D eigenvalue weighted by Crippen LogP contribution is 2.18. The lowest BCUT2D eigenvalue weighted by atomic mass is 10.2. The quantitative estimate of drug-likeness (QED) is 0.570. The molecule has 0 spiro atoms. The van der Waals surface area contributed by atoms with E-state index < -0.39 is 0 Å². The van der Waals surface area contributed by atoms with E-state index in [1.165, 1.54) is 6.07 Å². The first-order chi connectivity index (χ1) is 15.0. The maximum Gasteiger partial charge on any atom is 0.262 e. The Balaban J connectivity index is 1.58. The van der Waals surface area contributed by atoms with Crippen LogP contribution < -0.4 is 25.0 Å². The standard InChI is InChI=1S/C24H26N2O5/c1-17-6-4-5-7-21(17)25-23(28)16-31-24-18(2)26(13-12-22(24)27)14-15-30-20-10-8-19(29-3)9-11-20/h4-13H,14-16H2,1-3H3,(H,25,28). The lowest BCUT2D eigenvalue weighted by Crippen LogP contribution is -2.24. The largest absolute Gasteiger partial charge is 0.497 e. The molecule has 0 bridgehead atoms. The number of anilines is 1. The molecule has 31 heavy (non-hydrogen) atoms. The van der Waals surface area contributed by atoms with Crippen LogP contribution in [0.5, 0.6) is 17.2 Å². The Morgan fingerprint density at radius 3 is 2.39 bits per heavy atom. The lowest BCUT2D eigenvalue weighted by molar-refractivity contribution is -0.118. The third-order valence-corrected chi connectivity index (χ3v) is 4.82. The number of carbonyl (C=O) groups excluding carboxylic acids is 1. The molecule has 0 aliphatic carbocycles. The van der Waals surface area contributed by atoms with Gasteiger partial charge >= 0.3 is 0 Å². The van der Waals surface area contributed by atoms with Crippen LogP contribution in [0.15, 0.2) is 65.6 Å². The van der Waals surface area contributed by atoms with Gasteiger partial charge in [0.05, 0.1) is 19.3 Å². The molecule has 0 saturated heterocycles. The van der Waals surface area contributed by atoms with Crippen LogP contribution in [-0.4, -0.2) is 30.8 Å². The summed E-state index contributed by atoms with van der Waals surface area (Å²) in [6, 6.07) is 16.2. The van der Waals surface area contributed by atoms with Gasteiger partial charge in [-0.15, -0.1) is 0 Å². The van der Waals surface area contributed by atoms with E-state index in [1.807, 2.05) is 60.0 Å². The van der Waals surface area contributed by atoms with Crippen LogP contribution in [0, 0.1) is 13.8 Å². The van der Waals surface area contributed by atoms with E-state index in [0.717, 1.165) is 17.1 Å². The Kier molecular flexibility index (Phi) is 7.32. The molecule has 7 heteroatoms. The summed E-state index contributed by atoms with van der Waals surface area (Å²) in [5.74, 6) is 1.32. The monoisotopic (exact) mass is 422 g/mol. The predicted molar refractivity (Wildman–Crippen MR) is 119 cm³/mol. The summed E-state index contributed by atoms with van der Waals surface area (Å²) >= 11 is 0. The Morgan fingerprint density at radius 2 is 1.68 bits per heavy atom. The van der Waals surface area contributed by atoms with Crippen molar-refractivity contribution in [1.82, 2.24) is 4.57 Å². The molecule has 7 nitrogen and oxygen atoms in total. The third kappa shape index (κ3) is 5.88. The second-order valence-corrected chi connectivity index (χ2v) is 6.96. The molecule has 1 heterocycles. The number of pyridine rings is 1. The van der Waals surface area contributed by atoms with Gasteiger partial charge in [0, 0.05) is 18.0 Å². The van der Waals surface area contributed by atoms with Crippen molar-refractivity contribution < 1.29 is 19.0 Å². The molecule has 3 aromatic rings. The van der Waals surface area contributed by atoms with Crippen molar-refractivity contribution in [2.24, 2.45) is 0 Å².